The lowest BCUT2D eigenvalue weighted by Gasteiger charge is -2.18. The van der Waals surface area contributed by atoms with Crippen LogP contribution in [0.25, 0.3) is 11.3 Å². The highest BCUT2D eigenvalue weighted by molar-refractivity contribution is 7.92. The first kappa shape index (κ1) is 16.8. The number of H-pyrrole nitrogens is 1. The predicted octanol–water partition coefficient (Wildman–Crippen LogP) is 0.198. The van der Waals surface area contributed by atoms with Gasteiger partial charge in [-0.15, -0.1) is 0 Å². The van der Waals surface area contributed by atoms with Crippen LogP contribution in [0.2, 0.25) is 0 Å². The summed E-state index contributed by atoms with van der Waals surface area (Å²) in [6.07, 6.45) is 0.796. The van der Waals surface area contributed by atoms with Gasteiger partial charge in [-0.2, -0.15) is 13.5 Å². The van der Waals surface area contributed by atoms with Crippen molar-refractivity contribution in [3.05, 3.63) is 29.7 Å². The van der Waals surface area contributed by atoms with E-state index in [0.29, 0.717) is 15.7 Å². The van der Waals surface area contributed by atoms with E-state index in [9.17, 15) is 18.3 Å². The molecule has 4 N–H and O–H groups in total. The third-order valence-electron chi connectivity index (χ3n) is 4.59. The summed E-state index contributed by atoms with van der Waals surface area (Å²) in [4.78, 5) is 11.4. The van der Waals surface area contributed by atoms with Gasteiger partial charge in [0.2, 0.25) is 0 Å². The Morgan fingerprint density at radius 2 is 2.15 bits per heavy atom. The molecule has 1 amide bonds. The van der Waals surface area contributed by atoms with Crippen molar-refractivity contribution < 1.29 is 27.8 Å². The number of phenols is 1. The van der Waals surface area contributed by atoms with Crippen molar-refractivity contribution in [1.82, 2.24) is 14.9 Å². The summed E-state index contributed by atoms with van der Waals surface area (Å²) in [5.74, 6) is -2.17. The molecule has 2 unspecified atom stereocenters. The van der Waals surface area contributed by atoms with Crippen molar-refractivity contribution >= 4 is 21.8 Å². The Balaban J connectivity index is 1.74. The van der Waals surface area contributed by atoms with Gasteiger partial charge in [-0.1, -0.05) is 0 Å². The first-order valence-electron chi connectivity index (χ1n) is 7.83. The number of aromatic nitrogens is 2. The first-order valence-corrected chi connectivity index (χ1v) is 9.27. The minimum absolute atomic E-state index is 0.00676. The molecule has 11 heteroatoms. The summed E-state index contributed by atoms with van der Waals surface area (Å²) in [6, 6.07) is 4.07. The van der Waals surface area contributed by atoms with Gasteiger partial charge in [0.1, 0.15) is 18.0 Å². The number of amides is 1. The average molecular weight is 382 g/mol. The Hall–Kier alpha value is -2.66. The average Bonchev–Trinajstić information content (AvgIpc) is 3.11. The van der Waals surface area contributed by atoms with Gasteiger partial charge in [0, 0.05) is 18.1 Å². The SMILES string of the molecule is O=C1CN(c2c(O)ccc(-c3cc(C4CC4CO)n[nH]3)c2F)S(=O)(=O)N1. The topological polar surface area (TPSA) is 136 Å². The van der Waals surface area contributed by atoms with E-state index in [1.54, 1.807) is 10.8 Å². The van der Waals surface area contributed by atoms with Crippen LogP contribution in [0.4, 0.5) is 10.1 Å². The van der Waals surface area contributed by atoms with Gasteiger partial charge in [0.05, 0.1) is 11.4 Å². The summed E-state index contributed by atoms with van der Waals surface area (Å²) >= 11 is 0. The van der Waals surface area contributed by atoms with E-state index in [4.69, 9.17) is 5.11 Å². The van der Waals surface area contributed by atoms with Gasteiger partial charge in [0.25, 0.3) is 5.91 Å². The maximum Gasteiger partial charge on any atom is 0.326 e. The van der Waals surface area contributed by atoms with E-state index in [0.717, 1.165) is 12.5 Å². The molecule has 0 bridgehead atoms. The normalized spacial score (nSPS) is 23.9. The van der Waals surface area contributed by atoms with Gasteiger partial charge in [0.15, 0.2) is 5.82 Å². The minimum Gasteiger partial charge on any atom is -0.506 e. The van der Waals surface area contributed by atoms with Gasteiger partial charge >= 0.3 is 10.2 Å². The fourth-order valence-electron chi connectivity index (χ4n) is 3.12. The van der Waals surface area contributed by atoms with Gasteiger partial charge in [-0.25, -0.2) is 13.4 Å². The fourth-order valence-corrected chi connectivity index (χ4v) is 4.29. The van der Waals surface area contributed by atoms with Gasteiger partial charge < -0.3 is 10.2 Å². The number of anilines is 1. The predicted molar refractivity (Wildman–Crippen MR) is 88.0 cm³/mol. The molecule has 1 aliphatic heterocycles. The van der Waals surface area contributed by atoms with Crippen LogP contribution in [0.15, 0.2) is 18.2 Å². The molecule has 138 valence electrons. The molecule has 1 aliphatic carbocycles. The van der Waals surface area contributed by atoms with Crippen LogP contribution in [0.5, 0.6) is 5.75 Å². The minimum atomic E-state index is -4.26. The van der Waals surface area contributed by atoms with Crippen molar-refractivity contribution in [2.75, 3.05) is 17.5 Å². The zero-order valence-corrected chi connectivity index (χ0v) is 14.1. The molecule has 4 rings (SSSR count). The zero-order chi connectivity index (χ0) is 18.6. The summed E-state index contributed by atoms with van der Waals surface area (Å²) in [5, 5.41) is 25.9. The Morgan fingerprint density at radius 1 is 1.38 bits per heavy atom. The molecule has 26 heavy (non-hydrogen) atoms. The van der Waals surface area contributed by atoms with Crippen molar-refractivity contribution in [2.24, 2.45) is 5.92 Å². The Labute approximate surface area is 147 Å². The molecule has 2 aromatic rings. The number of carbonyl (C=O) groups excluding carboxylic acids is 1. The molecule has 2 fully saturated rings. The molecule has 0 spiro atoms. The Morgan fingerprint density at radius 3 is 2.77 bits per heavy atom. The zero-order valence-electron chi connectivity index (χ0n) is 13.3. The number of aliphatic hydroxyl groups is 1. The summed E-state index contributed by atoms with van der Waals surface area (Å²) in [7, 11) is -4.26. The molecule has 1 saturated heterocycles. The quantitative estimate of drug-likeness (QED) is 0.596. The Kier molecular flexibility index (Phi) is 3.66. The molecule has 2 atom stereocenters. The number of rotatable bonds is 4. The number of aliphatic hydroxyl groups excluding tert-OH is 1. The van der Waals surface area contributed by atoms with E-state index >= 15 is 4.39 Å². The second-order valence-corrected chi connectivity index (χ2v) is 7.92. The molecular formula is C15H15FN4O5S. The third kappa shape index (κ3) is 2.59. The van der Waals surface area contributed by atoms with Crippen LogP contribution >= 0.6 is 0 Å². The van der Waals surface area contributed by atoms with E-state index in [-0.39, 0.29) is 24.0 Å². The van der Waals surface area contributed by atoms with Gasteiger partial charge in [-0.3, -0.25) is 9.89 Å². The number of hydrogen-bond acceptors (Lipinski definition) is 6. The van der Waals surface area contributed by atoms with Crippen LogP contribution in [-0.2, 0) is 15.0 Å². The maximum absolute atomic E-state index is 15.0. The monoisotopic (exact) mass is 382 g/mol. The first-order chi connectivity index (χ1) is 12.3. The second-order valence-electron chi connectivity index (χ2n) is 6.32. The van der Waals surface area contributed by atoms with Crippen LogP contribution in [-0.4, -0.2) is 47.9 Å². The van der Waals surface area contributed by atoms with Crippen molar-refractivity contribution in [2.45, 2.75) is 12.3 Å². The van der Waals surface area contributed by atoms with Crippen LogP contribution < -0.4 is 9.03 Å². The highest BCUT2D eigenvalue weighted by Gasteiger charge is 2.40. The number of aromatic amines is 1. The van der Waals surface area contributed by atoms with Crippen LogP contribution in [0.1, 0.15) is 18.0 Å². The molecule has 2 heterocycles. The standard InChI is InChI=1S/C15H15FN4O5S/c16-14-8(10-4-11(18-17-10)9-3-7(9)6-21)1-2-12(22)15(14)20-5-13(23)19-26(20,24)25/h1-2,4,7,9,21-22H,3,5-6H2,(H,17,18)(H,19,23). The van der Waals surface area contributed by atoms with Crippen LogP contribution in [0.3, 0.4) is 0 Å². The van der Waals surface area contributed by atoms with E-state index in [1.807, 2.05) is 0 Å². The summed E-state index contributed by atoms with van der Waals surface area (Å²) in [5.41, 5.74) is 0.390. The van der Waals surface area contributed by atoms with Crippen LogP contribution in [0, 0.1) is 11.7 Å². The number of halogens is 1. The molecule has 1 saturated carbocycles. The highest BCUT2D eigenvalue weighted by Crippen LogP contribution is 2.47. The van der Waals surface area contributed by atoms with Crippen molar-refractivity contribution in [3.63, 3.8) is 0 Å². The molecule has 1 aromatic carbocycles. The number of phenolic OH excluding ortho intramolecular Hbond substituents is 1. The third-order valence-corrected chi connectivity index (χ3v) is 5.97. The molecule has 9 nitrogen and oxygen atoms in total. The highest BCUT2D eigenvalue weighted by atomic mass is 32.2. The number of nitrogens with zero attached hydrogens (tertiary/aromatic N) is 2. The lowest BCUT2D eigenvalue weighted by atomic mass is 10.1. The lowest BCUT2D eigenvalue weighted by molar-refractivity contribution is -0.117. The van der Waals surface area contributed by atoms with E-state index in [2.05, 4.69) is 10.2 Å². The fraction of sp³-hybridized carbons (Fsp3) is 0.333. The maximum atomic E-state index is 15.0. The molecule has 0 radical (unpaired) electrons. The number of aromatic hydroxyl groups is 1. The van der Waals surface area contributed by atoms with Gasteiger partial charge in [-0.05, 0) is 30.5 Å². The molecule has 1 aromatic heterocycles. The number of hydrogen-bond donors (Lipinski definition) is 4. The number of carbonyl (C=O) groups is 1. The smallest absolute Gasteiger partial charge is 0.326 e. The second kappa shape index (κ2) is 5.68. The van der Waals surface area contributed by atoms with Crippen molar-refractivity contribution in [3.8, 4) is 17.0 Å². The van der Waals surface area contributed by atoms with Crippen molar-refractivity contribution in [1.29, 1.82) is 0 Å². The Bertz CT molecular complexity index is 1010. The number of nitrogens with one attached hydrogen (secondary N) is 2. The molecule has 2 aliphatic rings. The number of benzene rings is 1. The molecular weight excluding hydrogens is 367 g/mol. The summed E-state index contributed by atoms with van der Waals surface area (Å²) < 4.78 is 41.2. The van der Waals surface area contributed by atoms with E-state index in [1.165, 1.54) is 6.07 Å². The summed E-state index contributed by atoms with van der Waals surface area (Å²) in [6.45, 7) is -0.566. The lowest BCUT2D eigenvalue weighted by Crippen LogP contribution is -2.30. The van der Waals surface area contributed by atoms with E-state index < -0.39 is 39.9 Å². The largest absolute Gasteiger partial charge is 0.506 e.